The van der Waals surface area contributed by atoms with E-state index < -0.39 is 5.97 Å². The van der Waals surface area contributed by atoms with E-state index in [1.165, 1.54) is 0 Å². The third kappa shape index (κ3) is 3.54. The van der Waals surface area contributed by atoms with E-state index in [0.717, 1.165) is 6.54 Å². The summed E-state index contributed by atoms with van der Waals surface area (Å²) in [5.74, 6) is -0.590. The molecule has 3 N–H and O–H groups in total. The molecule has 19 heavy (non-hydrogen) atoms. The Kier molecular flexibility index (Phi) is 4.16. The van der Waals surface area contributed by atoms with E-state index in [2.05, 4.69) is 10.6 Å². The van der Waals surface area contributed by atoms with Crippen LogP contribution in [-0.4, -0.2) is 30.1 Å². The van der Waals surface area contributed by atoms with Gasteiger partial charge in [0.25, 0.3) is 0 Å². The number of nitrogens with one attached hydrogen (secondary N) is 2. The number of aliphatic carboxylic acids is 1. The fraction of sp³-hybridized carbons (Fsp3) is 0.429. The van der Waals surface area contributed by atoms with Gasteiger partial charge in [0.05, 0.1) is 12.3 Å². The molecule has 5 heteroatoms. The molecular formula is C14H18N2O3. The molecule has 1 amide bonds. The Balaban J connectivity index is 2.02. The highest BCUT2D eigenvalue weighted by molar-refractivity contribution is 5.93. The maximum absolute atomic E-state index is 12.1. The zero-order valence-corrected chi connectivity index (χ0v) is 10.8. The number of benzene rings is 1. The summed E-state index contributed by atoms with van der Waals surface area (Å²) in [6, 6.07) is 6.98. The molecule has 0 bridgehead atoms. The van der Waals surface area contributed by atoms with Crippen LogP contribution >= 0.6 is 0 Å². The van der Waals surface area contributed by atoms with Gasteiger partial charge in [0.1, 0.15) is 0 Å². The molecule has 0 saturated carbocycles. The summed E-state index contributed by atoms with van der Waals surface area (Å²) in [5.41, 5.74) is 1.34. The topological polar surface area (TPSA) is 78.4 Å². The summed E-state index contributed by atoms with van der Waals surface area (Å²) in [7, 11) is 0. The van der Waals surface area contributed by atoms with Gasteiger partial charge in [-0.2, -0.15) is 0 Å². The van der Waals surface area contributed by atoms with Gasteiger partial charge in [-0.1, -0.05) is 19.1 Å². The minimum absolute atomic E-state index is 0.00928. The standard InChI is InChI=1S/C14H18N2O3/c1-9-7-15-8-12(9)14(19)16-11-4-2-3-10(5-11)6-13(17)18/h2-5,9,12,15H,6-8H2,1H3,(H,16,19)(H,17,18). The number of carbonyl (C=O) groups is 2. The number of carbonyl (C=O) groups excluding carboxylic acids is 1. The van der Waals surface area contributed by atoms with E-state index in [1.807, 2.05) is 6.92 Å². The molecule has 2 atom stereocenters. The molecule has 2 unspecified atom stereocenters. The lowest BCUT2D eigenvalue weighted by Gasteiger charge is -2.14. The van der Waals surface area contributed by atoms with Crippen molar-refractivity contribution in [1.29, 1.82) is 0 Å². The zero-order chi connectivity index (χ0) is 13.8. The average molecular weight is 262 g/mol. The number of amides is 1. The molecule has 102 valence electrons. The molecule has 1 aliphatic heterocycles. The molecule has 5 nitrogen and oxygen atoms in total. The lowest BCUT2D eigenvalue weighted by Crippen LogP contribution is -2.27. The third-order valence-corrected chi connectivity index (χ3v) is 3.40. The van der Waals surface area contributed by atoms with Crippen LogP contribution in [0, 0.1) is 11.8 Å². The molecular weight excluding hydrogens is 244 g/mol. The van der Waals surface area contributed by atoms with Crippen molar-refractivity contribution in [2.45, 2.75) is 13.3 Å². The number of carboxylic acid groups (broad SMARTS) is 1. The average Bonchev–Trinajstić information content (AvgIpc) is 2.75. The quantitative estimate of drug-likeness (QED) is 0.759. The predicted octanol–water partition coefficient (Wildman–Crippen LogP) is 1.11. The molecule has 0 spiro atoms. The molecule has 0 aromatic heterocycles. The maximum atomic E-state index is 12.1. The summed E-state index contributed by atoms with van der Waals surface area (Å²) < 4.78 is 0. The summed E-state index contributed by atoms with van der Waals surface area (Å²) >= 11 is 0. The van der Waals surface area contributed by atoms with Gasteiger partial charge in [-0.3, -0.25) is 9.59 Å². The first-order valence-electron chi connectivity index (χ1n) is 6.38. The van der Waals surface area contributed by atoms with Crippen molar-refractivity contribution in [1.82, 2.24) is 5.32 Å². The fourth-order valence-corrected chi connectivity index (χ4v) is 2.33. The normalized spacial score (nSPS) is 22.2. The zero-order valence-electron chi connectivity index (χ0n) is 10.8. The number of carboxylic acids is 1. The summed E-state index contributed by atoms with van der Waals surface area (Å²) in [4.78, 5) is 22.7. The highest BCUT2D eigenvalue weighted by atomic mass is 16.4. The van der Waals surface area contributed by atoms with Crippen molar-refractivity contribution < 1.29 is 14.7 Å². The molecule has 2 rings (SSSR count). The van der Waals surface area contributed by atoms with E-state index in [4.69, 9.17) is 5.11 Å². The number of hydrogen-bond acceptors (Lipinski definition) is 3. The highest BCUT2D eigenvalue weighted by Gasteiger charge is 2.29. The van der Waals surface area contributed by atoms with Gasteiger partial charge in [-0.15, -0.1) is 0 Å². The van der Waals surface area contributed by atoms with Crippen LogP contribution in [0.1, 0.15) is 12.5 Å². The van der Waals surface area contributed by atoms with Crippen molar-refractivity contribution in [3.05, 3.63) is 29.8 Å². The Morgan fingerprint density at radius 3 is 2.84 bits per heavy atom. The Morgan fingerprint density at radius 1 is 1.42 bits per heavy atom. The molecule has 1 aliphatic rings. The summed E-state index contributed by atoms with van der Waals surface area (Å²) in [5, 5.41) is 14.8. The Hall–Kier alpha value is -1.88. The fourth-order valence-electron chi connectivity index (χ4n) is 2.33. The van der Waals surface area contributed by atoms with Crippen LogP contribution < -0.4 is 10.6 Å². The second-order valence-corrected chi connectivity index (χ2v) is 5.00. The van der Waals surface area contributed by atoms with Crippen molar-refractivity contribution in [3.63, 3.8) is 0 Å². The summed E-state index contributed by atoms with van der Waals surface area (Å²) in [6.07, 6.45) is -0.0366. The second-order valence-electron chi connectivity index (χ2n) is 5.00. The van der Waals surface area contributed by atoms with Gasteiger partial charge in [-0.25, -0.2) is 0 Å². The van der Waals surface area contributed by atoms with Gasteiger partial charge in [0, 0.05) is 12.2 Å². The molecule has 1 fully saturated rings. The highest BCUT2D eigenvalue weighted by Crippen LogP contribution is 2.19. The Morgan fingerprint density at radius 2 is 2.21 bits per heavy atom. The van der Waals surface area contributed by atoms with Gasteiger partial charge in [0.2, 0.25) is 5.91 Å². The van der Waals surface area contributed by atoms with Crippen LogP contribution in [0.25, 0.3) is 0 Å². The van der Waals surface area contributed by atoms with E-state index in [9.17, 15) is 9.59 Å². The first kappa shape index (κ1) is 13.5. The van der Waals surface area contributed by atoms with Crippen LogP contribution in [0.2, 0.25) is 0 Å². The smallest absolute Gasteiger partial charge is 0.307 e. The van der Waals surface area contributed by atoms with Crippen LogP contribution in [-0.2, 0) is 16.0 Å². The van der Waals surface area contributed by atoms with E-state index in [0.29, 0.717) is 23.7 Å². The molecule has 0 radical (unpaired) electrons. The van der Waals surface area contributed by atoms with Gasteiger partial charge < -0.3 is 15.7 Å². The van der Waals surface area contributed by atoms with Crippen molar-refractivity contribution in [2.75, 3.05) is 18.4 Å². The van der Waals surface area contributed by atoms with Crippen LogP contribution in [0.4, 0.5) is 5.69 Å². The maximum Gasteiger partial charge on any atom is 0.307 e. The minimum Gasteiger partial charge on any atom is -0.481 e. The van der Waals surface area contributed by atoms with E-state index in [1.54, 1.807) is 24.3 Å². The van der Waals surface area contributed by atoms with Gasteiger partial charge in [0.15, 0.2) is 0 Å². The van der Waals surface area contributed by atoms with Crippen LogP contribution in [0.15, 0.2) is 24.3 Å². The lowest BCUT2D eigenvalue weighted by atomic mass is 9.97. The Bertz CT molecular complexity index is 487. The number of anilines is 1. The monoisotopic (exact) mass is 262 g/mol. The minimum atomic E-state index is -0.878. The largest absolute Gasteiger partial charge is 0.481 e. The predicted molar refractivity (Wildman–Crippen MR) is 71.9 cm³/mol. The van der Waals surface area contributed by atoms with Crippen molar-refractivity contribution in [3.8, 4) is 0 Å². The molecule has 1 aromatic rings. The SMILES string of the molecule is CC1CNCC1C(=O)Nc1cccc(CC(=O)O)c1. The van der Waals surface area contributed by atoms with E-state index in [-0.39, 0.29) is 18.2 Å². The Labute approximate surface area is 112 Å². The van der Waals surface area contributed by atoms with E-state index >= 15 is 0 Å². The molecule has 0 aliphatic carbocycles. The van der Waals surface area contributed by atoms with Crippen molar-refractivity contribution >= 4 is 17.6 Å². The van der Waals surface area contributed by atoms with Gasteiger partial charge >= 0.3 is 5.97 Å². The first-order chi connectivity index (χ1) is 9.06. The third-order valence-electron chi connectivity index (χ3n) is 3.40. The van der Waals surface area contributed by atoms with Crippen LogP contribution in [0.5, 0.6) is 0 Å². The number of rotatable bonds is 4. The second kappa shape index (κ2) is 5.84. The molecule has 1 heterocycles. The lowest BCUT2D eigenvalue weighted by molar-refractivity contribution is -0.136. The first-order valence-corrected chi connectivity index (χ1v) is 6.38. The molecule has 1 saturated heterocycles. The summed E-state index contributed by atoms with van der Waals surface area (Å²) in [6.45, 7) is 3.60. The van der Waals surface area contributed by atoms with Gasteiger partial charge in [-0.05, 0) is 30.2 Å². The van der Waals surface area contributed by atoms with Crippen LogP contribution in [0.3, 0.4) is 0 Å². The molecule has 1 aromatic carbocycles. The number of hydrogen-bond donors (Lipinski definition) is 3. The van der Waals surface area contributed by atoms with Crippen molar-refractivity contribution in [2.24, 2.45) is 11.8 Å².